The molecule has 0 aliphatic carbocycles. The van der Waals surface area contributed by atoms with Gasteiger partial charge in [-0.2, -0.15) is 0 Å². The molecule has 0 bridgehead atoms. The lowest BCUT2D eigenvalue weighted by Crippen LogP contribution is -2.21. The Morgan fingerprint density at radius 2 is 2.42 bits per heavy atom. The first-order valence-corrected chi connectivity index (χ1v) is 7.03. The van der Waals surface area contributed by atoms with Crippen molar-refractivity contribution >= 4 is 17.2 Å². The Morgan fingerprint density at radius 3 is 3.16 bits per heavy atom. The van der Waals surface area contributed by atoms with E-state index in [1.165, 1.54) is 17.6 Å². The molecule has 1 aliphatic rings. The van der Waals surface area contributed by atoms with Gasteiger partial charge in [0.15, 0.2) is 0 Å². The maximum Gasteiger partial charge on any atom is 0.261 e. The van der Waals surface area contributed by atoms with Crippen molar-refractivity contribution < 1.29 is 14.1 Å². The van der Waals surface area contributed by atoms with Crippen LogP contribution in [-0.4, -0.2) is 17.7 Å². The second-order valence-electron chi connectivity index (χ2n) is 4.38. The Labute approximate surface area is 114 Å². The molecular formula is C13H14N2O3S. The topological polar surface area (TPSA) is 64.4 Å². The smallest absolute Gasteiger partial charge is 0.261 e. The molecule has 2 aromatic heterocycles. The molecule has 0 aromatic carbocycles. The molecule has 3 rings (SSSR count). The van der Waals surface area contributed by atoms with Crippen LogP contribution in [0.5, 0.6) is 0 Å². The highest BCUT2D eigenvalue weighted by molar-refractivity contribution is 7.14. The van der Waals surface area contributed by atoms with Crippen LogP contribution in [0.3, 0.4) is 0 Å². The van der Waals surface area contributed by atoms with Crippen molar-refractivity contribution in [2.75, 3.05) is 6.61 Å². The number of nitrogens with one attached hydrogen (secondary N) is 1. The Morgan fingerprint density at radius 1 is 1.47 bits per heavy atom. The molecule has 1 aliphatic heterocycles. The number of carbonyl (C=O) groups is 1. The van der Waals surface area contributed by atoms with E-state index in [1.807, 2.05) is 12.1 Å². The monoisotopic (exact) mass is 278 g/mol. The zero-order valence-corrected chi connectivity index (χ0v) is 11.1. The van der Waals surface area contributed by atoms with E-state index in [1.54, 1.807) is 6.07 Å². The molecule has 100 valence electrons. The second-order valence-corrected chi connectivity index (χ2v) is 5.49. The molecule has 6 heteroatoms. The van der Waals surface area contributed by atoms with Gasteiger partial charge in [0.1, 0.15) is 12.0 Å². The Balaban J connectivity index is 1.60. The molecule has 19 heavy (non-hydrogen) atoms. The van der Waals surface area contributed by atoms with Gasteiger partial charge < -0.3 is 14.6 Å². The van der Waals surface area contributed by atoms with Crippen molar-refractivity contribution in [3.05, 3.63) is 39.9 Å². The summed E-state index contributed by atoms with van der Waals surface area (Å²) in [5.41, 5.74) is 0.712. The molecule has 1 amide bonds. The summed E-state index contributed by atoms with van der Waals surface area (Å²) in [6, 6.07) is 5.55. The summed E-state index contributed by atoms with van der Waals surface area (Å²) in [4.78, 5) is 13.8. The first-order valence-electron chi connectivity index (χ1n) is 6.22. The van der Waals surface area contributed by atoms with E-state index in [2.05, 4.69) is 10.5 Å². The number of hydrogen-bond acceptors (Lipinski definition) is 5. The highest BCUT2D eigenvalue weighted by atomic mass is 32.1. The van der Waals surface area contributed by atoms with Gasteiger partial charge in [-0.1, -0.05) is 5.16 Å². The zero-order chi connectivity index (χ0) is 13.1. The first kappa shape index (κ1) is 12.4. The van der Waals surface area contributed by atoms with Crippen molar-refractivity contribution in [2.45, 2.75) is 25.5 Å². The average molecular weight is 278 g/mol. The molecule has 2 aromatic rings. The fourth-order valence-corrected chi connectivity index (χ4v) is 3.04. The van der Waals surface area contributed by atoms with E-state index in [-0.39, 0.29) is 12.0 Å². The van der Waals surface area contributed by atoms with Crippen molar-refractivity contribution in [1.82, 2.24) is 10.5 Å². The summed E-state index contributed by atoms with van der Waals surface area (Å²) in [7, 11) is 0. The van der Waals surface area contributed by atoms with Crippen LogP contribution in [0.15, 0.2) is 29.0 Å². The van der Waals surface area contributed by atoms with Crippen LogP contribution < -0.4 is 5.32 Å². The van der Waals surface area contributed by atoms with E-state index in [0.717, 1.165) is 24.3 Å². The van der Waals surface area contributed by atoms with Gasteiger partial charge in [-0.05, 0) is 25.0 Å². The molecule has 1 atom stereocenters. The van der Waals surface area contributed by atoms with Gasteiger partial charge in [-0.15, -0.1) is 11.3 Å². The molecule has 5 nitrogen and oxygen atoms in total. The number of hydrogen-bond donors (Lipinski definition) is 1. The van der Waals surface area contributed by atoms with E-state index < -0.39 is 0 Å². The minimum Gasteiger partial charge on any atom is -0.373 e. The summed E-state index contributed by atoms with van der Waals surface area (Å²) in [5, 5.41) is 6.56. The van der Waals surface area contributed by atoms with Gasteiger partial charge in [-0.3, -0.25) is 4.79 Å². The van der Waals surface area contributed by atoms with Crippen molar-refractivity contribution in [3.8, 4) is 0 Å². The van der Waals surface area contributed by atoms with Gasteiger partial charge in [0.05, 0.1) is 17.5 Å². The molecule has 3 heterocycles. The lowest BCUT2D eigenvalue weighted by Gasteiger charge is -2.05. The fraction of sp³-hybridized carbons (Fsp3) is 0.385. The lowest BCUT2D eigenvalue weighted by atomic mass is 10.2. The third kappa shape index (κ3) is 2.85. The quantitative estimate of drug-likeness (QED) is 0.933. The number of ether oxygens (including phenoxy) is 1. The van der Waals surface area contributed by atoms with Crippen molar-refractivity contribution in [1.29, 1.82) is 0 Å². The van der Waals surface area contributed by atoms with E-state index in [9.17, 15) is 4.79 Å². The van der Waals surface area contributed by atoms with Crippen LogP contribution in [-0.2, 0) is 11.3 Å². The maximum atomic E-state index is 12.0. The number of thiophene rings is 1. The van der Waals surface area contributed by atoms with Gasteiger partial charge >= 0.3 is 0 Å². The molecule has 1 N–H and O–H groups in total. The van der Waals surface area contributed by atoms with Crippen molar-refractivity contribution in [3.63, 3.8) is 0 Å². The SMILES string of the molecule is O=C(NCc1ccon1)c1ccc([C@@H]2CCCO2)s1. The minimum atomic E-state index is -0.0859. The normalized spacial score (nSPS) is 18.6. The number of aromatic nitrogens is 1. The Hall–Kier alpha value is -1.66. The summed E-state index contributed by atoms with van der Waals surface area (Å²) in [6.45, 7) is 1.19. The molecule has 1 fully saturated rings. The third-order valence-electron chi connectivity index (χ3n) is 3.02. The average Bonchev–Trinajstić information content (AvgIpc) is 3.14. The fourth-order valence-electron chi connectivity index (χ4n) is 2.04. The lowest BCUT2D eigenvalue weighted by molar-refractivity contribution is 0.0954. The van der Waals surface area contributed by atoms with Gasteiger partial charge in [-0.25, -0.2) is 0 Å². The Bertz CT molecular complexity index is 544. The zero-order valence-electron chi connectivity index (χ0n) is 10.3. The van der Waals surface area contributed by atoms with Gasteiger partial charge in [0.2, 0.25) is 0 Å². The maximum absolute atomic E-state index is 12.0. The summed E-state index contributed by atoms with van der Waals surface area (Å²) in [6.07, 6.45) is 3.79. The summed E-state index contributed by atoms with van der Waals surface area (Å²) >= 11 is 1.49. The summed E-state index contributed by atoms with van der Waals surface area (Å²) < 4.78 is 10.3. The van der Waals surface area contributed by atoms with E-state index in [4.69, 9.17) is 9.26 Å². The van der Waals surface area contributed by atoms with Crippen LogP contribution in [0.1, 0.15) is 39.2 Å². The molecule has 0 unspecified atom stereocenters. The highest BCUT2D eigenvalue weighted by Crippen LogP contribution is 2.33. The van der Waals surface area contributed by atoms with Gasteiger partial charge in [0.25, 0.3) is 5.91 Å². The van der Waals surface area contributed by atoms with Gasteiger partial charge in [0, 0.05) is 17.6 Å². The van der Waals surface area contributed by atoms with Crippen molar-refractivity contribution in [2.24, 2.45) is 0 Å². The largest absolute Gasteiger partial charge is 0.373 e. The Kier molecular flexibility index (Phi) is 3.61. The number of rotatable bonds is 4. The molecule has 0 spiro atoms. The highest BCUT2D eigenvalue weighted by Gasteiger charge is 2.20. The van der Waals surface area contributed by atoms with Crippen LogP contribution >= 0.6 is 11.3 Å². The first-order chi connectivity index (χ1) is 9.33. The molecular weight excluding hydrogens is 264 g/mol. The van der Waals surface area contributed by atoms with Crippen LogP contribution in [0.25, 0.3) is 0 Å². The molecule has 0 radical (unpaired) electrons. The van der Waals surface area contributed by atoms with E-state index in [0.29, 0.717) is 17.1 Å². The summed E-state index contributed by atoms with van der Waals surface area (Å²) in [5.74, 6) is -0.0859. The third-order valence-corrected chi connectivity index (χ3v) is 4.19. The standard InChI is InChI=1S/C13H14N2O3S/c16-13(14-8-9-5-7-18-15-9)12-4-3-11(19-12)10-2-1-6-17-10/h3-5,7,10H,1-2,6,8H2,(H,14,16)/t10-/m0/s1. The predicted octanol–water partition coefficient (Wildman–Crippen LogP) is 2.52. The van der Waals surface area contributed by atoms with Crippen LogP contribution in [0, 0.1) is 0 Å². The predicted molar refractivity (Wildman–Crippen MR) is 69.9 cm³/mol. The second kappa shape index (κ2) is 5.54. The number of nitrogens with zero attached hydrogens (tertiary/aromatic N) is 1. The van der Waals surface area contributed by atoms with E-state index >= 15 is 0 Å². The van der Waals surface area contributed by atoms with Crippen LogP contribution in [0.4, 0.5) is 0 Å². The molecule has 1 saturated heterocycles. The number of carbonyl (C=O) groups excluding carboxylic acids is 1. The number of amides is 1. The molecule has 0 saturated carbocycles. The van der Waals surface area contributed by atoms with Crippen LogP contribution in [0.2, 0.25) is 0 Å². The minimum absolute atomic E-state index is 0.0859.